The largest absolute Gasteiger partial charge is 0.299 e. The molecule has 2 aromatic rings. The molecule has 3 nitrogen and oxygen atoms in total. The topological polar surface area (TPSA) is 46.5 Å². The molecule has 3 heteroatoms. The van der Waals surface area contributed by atoms with E-state index in [0.29, 0.717) is 17.6 Å². The third-order valence-electron chi connectivity index (χ3n) is 6.59. The van der Waals surface area contributed by atoms with Crippen molar-refractivity contribution in [1.82, 2.24) is 0 Å². The van der Waals surface area contributed by atoms with Gasteiger partial charge in [0.1, 0.15) is 5.78 Å². The first kappa shape index (κ1) is 18.2. The maximum Gasteiger partial charge on any atom is 0.192 e. The molecule has 5 rings (SSSR count). The van der Waals surface area contributed by atoms with Gasteiger partial charge in [-0.1, -0.05) is 69.3 Å². The van der Waals surface area contributed by atoms with Crippen LogP contribution in [0.4, 0.5) is 0 Å². The zero-order chi connectivity index (χ0) is 20.3. The summed E-state index contributed by atoms with van der Waals surface area (Å²) >= 11 is 0. The zero-order valence-corrected chi connectivity index (χ0v) is 17.2. The van der Waals surface area contributed by atoms with Gasteiger partial charge in [0.15, 0.2) is 5.78 Å². The Kier molecular flexibility index (Phi) is 3.99. The fraction of sp³-hybridized carbons (Fsp3) is 0.346. The van der Waals surface area contributed by atoms with Gasteiger partial charge in [-0.05, 0) is 29.4 Å². The number of benzene rings is 2. The van der Waals surface area contributed by atoms with Gasteiger partial charge < -0.3 is 0 Å². The van der Waals surface area contributed by atoms with Crippen LogP contribution < -0.4 is 0 Å². The molecule has 0 bridgehead atoms. The number of rotatable bonds is 2. The molecular formula is C26H25NO2. The van der Waals surface area contributed by atoms with E-state index in [-0.39, 0.29) is 28.8 Å². The SMILES string of the molecule is CCc1ccc([C@H]2C3=C(N=C4CC(C)(C)CC(=O)C42)c2ccccc2C3=O)cc1. The number of ketones is 2. The van der Waals surface area contributed by atoms with Gasteiger partial charge in [0.05, 0.1) is 11.6 Å². The van der Waals surface area contributed by atoms with E-state index in [4.69, 9.17) is 4.99 Å². The van der Waals surface area contributed by atoms with Crippen LogP contribution in [0.1, 0.15) is 66.6 Å². The predicted octanol–water partition coefficient (Wildman–Crippen LogP) is 5.40. The first-order valence-corrected chi connectivity index (χ1v) is 10.5. The van der Waals surface area contributed by atoms with Crippen molar-refractivity contribution in [2.45, 2.75) is 46.0 Å². The summed E-state index contributed by atoms with van der Waals surface area (Å²) in [7, 11) is 0. The summed E-state index contributed by atoms with van der Waals surface area (Å²) in [6, 6.07) is 16.1. The lowest BCUT2D eigenvalue weighted by Crippen LogP contribution is -2.43. The predicted molar refractivity (Wildman–Crippen MR) is 115 cm³/mol. The van der Waals surface area contributed by atoms with Crippen molar-refractivity contribution in [3.8, 4) is 0 Å². The minimum Gasteiger partial charge on any atom is -0.299 e. The average Bonchev–Trinajstić information content (AvgIpc) is 2.98. The molecule has 0 N–H and O–H groups in total. The molecule has 0 saturated heterocycles. The third kappa shape index (κ3) is 2.75. The normalized spacial score (nSPS) is 24.7. The number of aryl methyl sites for hydroxylation is 1. The highest BCUT2D eigenvalue weighted by Gasteiger charge is 2.49. The van der Waals surface area contributed by atoms with E-state index in [1.165, 1.54) is 5.56 Å². The number of hydrogen-bond acceptors (Lipinski definition) is 3. The Bertz CT molecular complexity index is 1100. The molecule has 1 unspecified atom stereocenters. The van der Waals surface area contributed by atoms with Crippen molar-refractivity contribution in [2.75, 3.05) is 0 Å². The van der Waals surface area contributed by atoms with Crippen molar-refractivity contribution < 1.29 is 9.59 Å². The minimum absolute atomic E-state index is 0.0283. The molecule has 0 aromatic heterocycles. The van der Waals surface area contributed by atoms with Crippen LogP contribution in [0.3, 0.4) is 0 Å². The summed E-state index contributed by atoms with van der Waals surface area (Å²) in [4.78, 5) is 31.7. The number of fused-ring (bicyclic) bond motifs is 3. The molecule has 146 valence electrons. The van der Waals surface area contributed by atoms with Crippen molar-refractivity contribution in [3.63, 3.8) is 0 Å². The Labute approximate surface area is 171 Å². The van der Waals surface area contributed by atoms with E-state index in [0.717, 1.165) is 35.4 Å². The molecule has 1 fully saturated rings. The number of allylic oxidation sites excluding steroid dienone is 1. The molecule has 2 aliphatic carbocycles. The molecule has 29 heavy (non-hydrogen) atoms. The lowest BCUT2D eigenvalue weighted by molar-refractivity contribution is -0.124. The number of carbonyl (C=O) groups excluding carboxylic acids is 2. The van der Waals surface area contributed by atoms with Gasteiger partial charge in [-0.15, -0.1) is 0 Å². The highest BCUT2D eigenvalue weighted by atomic mass is 16.1. The molecule has 2 aromatic carbocycles. The quantitative estimate of drug-likeness (QED) is 0.697. The first-order chi connectivity index (χ1) is 13.9. The van der Waals surface area contributed by atoms with Gasteiger partial charge in [-0.25, -0.2) is 0 Å². The summed E-state index contributed by atoms with van der Waals surface area (Å²) < 4.78 is 0. The number of hydrogen-bond donors (Lipinski definition) is 0. The lowest BCUT2D eigenvalue weighted by atomic mass is 9.63. The van der Waals surface area contributed by atoms with Crippen LogP contribution in [-0.2, 0) is 11.2 Å². The summed E-state index contributed by atoms with van der Waals surface area (Å²) in [5.41, 5.74) is 6.25. The van der Waals surface area contributed by atoms with Crippen molar-refractivity contribution in [1.29, 1.82) is 0 Å². The monoisotopic (exact) mass is 383 g/mol. The van der Waals surface area contributed by atoms with Gasteiger partial charge in [0.25, 0.3) is 0 Å². The Hall–Kier alpha value is -2.81. The van der Waals surface area contributed by atoms with Gasteiger partial charge in [0.2, 0.25) is 0 Å². The fourth-order valence-corrected chi connectivity index (χ4v) is 5.24. The van der Waals surface area contributed by atoms with E-state index in [9.17, 15) is 9.59 Å². The zero-order valence-electron chi connectivity index (χ0n) is 17.2. The van der Waals surface area contributed by atoms with Gasteiger partial charge in [-0.2, -0.15) is 0 Å². The van der Waals surface area contributed by atoms with Gasteiger partial charge >= 0.3 is 0 Å². The molecule has 3 aliphatic rings. The summed E-state index contributed by atoms with van der Waals surface area (Å²) in [6.45, 7) is 6.39. The molecule has 1 heterocycles. The van der Waals surface area contributed by atoms with E-state index in [1.54, 1.807) is 0 Å². The highest BCUT2D eigenvalue weighted by molar-refractivity contribution is 6.25. The summed E-state index contributed by atoms with van der Waals surface area (Å²) in [5, 5.41) is 0. The smallest absolute Gasteiger partial charge is 0.192 e. The number of carbonyl (C=O) groups is 2. The van der Waals surface area contributed by atoms with Crippen LogP contribution >= 0.6 is 0 Å². The lowest BCUT2D eigenvalue weighted by Gasteiger charge is -2.40. The maximum absolute atomic E-state index is 13.4. The van der Waals surface area contributed by atoms with Gasteiger partial charge in [-0.3, -0.25) is 14.6 Å². The Morgan fingerprint density at radius 1 is 0.931 bits per heavy atom. The summed E-state index contributed by atoms with van der Waals surface area (Å²) in [5.74, 6) is -0.333. The van der Waals surface area contributed by atoms with Crippen molar-refractivity contribution in [3.05, 3.63) is 76.4 Å². The van der Waals surface area contributed by atoms with Crippen LogP contribution in [0.25, 0.3) is 5.70 Å². The van der Waals surface area contributed by atoms with Crippen LogP contribution in [0.5, 0.6) is 0 Å². The molecule has 1 aliphatic heterocycles. The number of Topliss-reactive ketones (excluding diaryl/α,β-unsaturated/α-hetero) is 2. The number of nitrogens with zero attached hydrogens (tertiary/aromatic N) is 1. The Balaban J connectivity index is 1.73. The first-order valence-electron chi connectivity index (χ1n) is 10.5. The van der Waals surface area contributed by atoms with Crippen LogP contribution in [0, 0.1) is 11.3 Å². The van der Waals surface area contributed by atoms with Crippen molar-refractivity contribution in [2.24, 2.45) is 16.3 Å². The van der Waals surface area contributed by atoms with E-state index in [1.807, 2.05) is 24.3 Å². The maximum atomic E-state index is 13.4. The second kappa shape index (κ2) is 6.35. The van der Waals surface area contributed by atoms with Crippen LogP contribution in [-0.4, -0.2) is 17.3 Å². The molecular weight excluding hydrogens is 358 g/mol. The second-order valence-corrected chi connectivity index (χ2v) is 9.27. The molecule has 2 atom stereocenters. The number of aliphatic imine (C=N–C) groups is 1. The molecule has 0 amide bonds. The molecule has 0 spiro atoms. The summed E-state index contributed by atoms with van der Waals surface area (Å²) in [6.07, 6.45) is 2.29. The van der Waals surface area contributed by atoms with E-state index >= 15 is 0 Å². The Morgan fingerprint density at radius 3 is 2.31 bits per heavy atom. The van der Waals surface area contributed by atoms with Gasteiger partial charge in [0, 0.05) is 34.8 Å². The highest BCUT2D eigenvalue weighted by Crippen LogP contribution is 2.51. The van der Waals surface area contributed by atoms with E-state index in [2.05, 4.69) is 45.0 Å². The Morgan fingerprint density at radius 2 is 1.62 bits per heavy atom. The van der Waals surface area contributed by atoms with Crippen LogP contribution in [0.2, 0.25) is 0 Å². The second-order valence-electron chi connectivity index (χ2n) is 9.27. The molecule has 0 radical (unpaired) electrons. The standard InChI is InChI=1S/C26H25NO2/c1-4-15-9-11-16(12-10-15)21-22-19(13-26(2,3)14-20(22)28)27-24-17-7-5-6-8-18(17)25(29)23(21)24/h5-12,21-22H,4,13-14H2,1-3H3/t21-,22?/m1/s1. The minimum atomic E-state index is -0.326. The van der Waals surface area contributed by atoms with E-state index < -0.39 is 0 Å². The molecule has 1 saturated carbocycles. The van der Waals surface area contributed by atoms with Crippen LogP contribution in [0.15, 0.2) is 59.1 Å². The third-order valence-corrected chi connectivity index (χ3v) is 6.59. The average molecular weight is 383 g/mol. The fourth-order valence-electron chi connectivity index (χ4n) is 5.24. The van der Waals surface area contributed by atoms with Crippen molar-refractivity contribution >= 4 is 23.0 Å².